The van der Waals surface area contributed by atoms with Gasteiger partial charge in [-0.25, -0.2) is 13.1 Å². The molecule has 0 radical (unpaired) electrons. The number of sulfonamides is 1. The first-order valence-corrected chi connectivity index (χ1v) is 9.27. The van der Waals surface area contributed by atoms with Crippen molar-refractivity contribution in [3.63, 3.8) is 0 Å². The topological polar surface area (TPSA) is 79.2 Å². The smallest absolute Gasteiger partial charge is 0.215 e. The standard InChI is InChI=1S/C18H20N2O3S/c1-23-18-9-3-5-15(12-18)8-4-10-20-24(21,22)14-17-7-2-6-16(11-17)13-19/h2-3,5-7,9,11-12,20H,4,8,10,14H2,1H3. The van der Waals surface area contributed by atoms with Crippen LogP contribution in [0.25, 0.3) is 0 Å². The minimum absolute atomic E-state index is 0.123. The average Bonchev–Trinajstić information content (AvgIpc) is 2.58. The SMILES string of the molecule is COc1cccc(CCCNS(=O)(=O)Cc2cccc(C#N)c2)c1. The van der Waals surface area contributed by atoms with E-state index in [0.29, 0.717) is 24.1 Å². The normalized spacial score (nSPS) is 11.0. The van der Waals surface area contributed by atoms with Crippen LogP contribution in [0.1, 0.15) is 23.1 Å². The monoisotopic (exact) mass is 344 g/mol. The highest BCUT2D eigenvalue weighted by molar-refractivity contribution is 7.88. The Labute approximate surface area is 142 Å². The summed E-state index contributed by atoms with van der Waals surface area (Å²) in [6, 6.07) is 16.4. The first kappa shape index (κ1) is 18.0. The molecule has 0 aliphatic carbocycles. The molecule has 2 aromatic rings. The van der Waals surface area contributed by atoms with Gasteiger partial charge in [-0.1, -0.05) is 24.3 Å². The molecule has 126 valence electrons. The van der Waals surface area contributed by atoms with Crippen LogP contribution in [0.5, 0.6) is 5.75 Å². The number of hydrogen-bond acceptors (Lipinski definition) is 4. The molecule has 0 fully saturated rings. The van der Waals surface area contributed by atoms with Crippen LogP contribution in [0.4, 0.5) is 0 Å². The van der Waals surface area contributed by atoms with E-state index >= 15 is 0 Å². The van der Waals surface area contributed by atoms with Crippen molar-refractivity contribution < 1.29 is 13.2 Å². The number of nitriles is 1. The first-order valence-electron chi connectivity index (χ1n) is 7.62. The van der Waals surface area contributed by atoms with Gasteiger partial charge in [-0.15, -0.1) is 0 Å². The fourth-order valence-electron chi connectivity index (χ4n) is 2.35. The van der Waals surface area contributed by atoms with Crippen LogP contribution in [0.2, 0.25) is 0 Å². The molecule has 0 heterocycles. The molecule has 2 aromatic carbocycles. The van der Waals surface area contributed by atoms with Gasteiger partial charge < -0.3 is 4.74 Å². The molecule has 24 heavy (non-hydrogen) atoms. The van der Waals surface area contributed by atoms with Gasteiger partial charge >= 0.3 is 0 Å². The van der Waals surface area contributed by atoms with Crippen LogP contribution in [0, 0.1) is 11.3 Å². The Morgan fingerprint density at radius 3 is 2.62 bits per heavy atom. The zero-order chi connectivity index (χ0) is 17.4. The van der Waals surface area contributed by atoms with Crippen LogP contribution in [0.3, 0.4) is 0 Å². The lowest BCUT2D eigenvalue weighted by atomic mass is 10.1. The highest BCUT2D eigenvalue weighted by atomic mass is 32.2. The van der Waals surface area contributed by atoms with Crippen molar-refractivity contribution in [2.75, 3.05) is 13.7 Å². The second kappa shape index (κ2) is 8.48. The van der Waals surface area contributed by atoms with E-state index in [4.69, 9.17) is 10.00 Å². The highest BCUT2D eigenvalue weighted by Gasteiger charge is 2.11. The maximum absolute atomic E-state index is 12.1. The second-order valence-corrected chi connectivity index (χ2v) is 7.23. The molecule has 0 aliphatic rings. The van der Waals surface area contributed by atoms with Crippen molar-refractivity contribution in [3.8, 4) is 11.8 Å². The van der Waals surface area contributed by atoms with Gasteiger partial charge in [-0.3, -0.25) is 0 Å². The molecule has 0 saturated carbocycles. The lowest BCUT2D eigenvalue weighted by Crippen LogP contribution is -2.26. The molecule has 2 rings (SSSR count). The molecule has 0 amide bonds. The van der Waals surface area contributed by atoms with Gasteiger partial charge in [0.1, 0.15) is 5.75 Å². The van der Waals surface area contributed by atoms with Gasteiger partial charge in [0.2, 0.25) is 10.0 Å². The molecule has 0 atom stereocenters. The zero-order valence-electron chi connectivity index (χ0n) is 13.5. The summed E-state index contributed by atoms with van der Waals surface area (Å²) in [5, 5.41) is 8.86. The van der Waals surface area contributed by atoms with Crippen molar-refractivity contribution in [3.05, 3.63) is 65.2 Å². The van der Waals surface area contributed by atoms with Crippen molar-refractivity contribution in [1.82, 2.24) is 4.72 Å². The van der Waals surface area contributed by atoms with E-state index in [9.17, 15) is 8.42 Å². The van der Waals surface area contributed by atoms with E-state index in [2.05, 4.69) is 4.72 Å². The molecule has 0 saturated heterocycles. The maximum Gasteiger partial charge on any atom is 0.215 e. The van der Waals surface area contributed by atoms with E-state index in [1.807, 2.05) is 30.3 Å². The van der Waals surface area contributed by atoms with Crippen LogP contribution >= 0.6 is 0 Å². The minimum atomic E-state index is -3.41. The van der Waals surface area contributed by atoms with Crippen molar-refractivity contribution in [2.24, 2.45) is 0 Å². The van der Waals surface area contributed by atoms with Crippen LogP contribution in [-0.2, 0) is 22.2 Å². The number of hydrogen-bond donors (Lipinski definition) is 1. The van der Waals surface area contributed by atoms with Gasteiger partial charge in [0.15, 0.2) is 0 Å². The largest absolute Gasteiger partial charge is 0.497 e. The van der Waals surface area contributed by atoms with Crippen molar-refractivity contribution in [1.29, 1.82) is 5.26 Å². The van der Waals surface area contributed by atoms with E-state index in [0.717, 1.165) is 17.7 Å². The lowest BCUT2D eigenvalue weighted by molar-refractivity contribution is 0.414. The van der Waals surface area contributed by atoms with Crippen LogP contribution in [-0.4, -0.2) is 22.1 Å². The van der Waals surface area contributed by atoms with Crippen LogP contribution < -0.4 is 9.46 Å². The third kappa shape index (κ3) is 5.69. The Hall–Kier alpha value is -2.36. The highest BCUT2D eigenvalue weighted by Crippen LogP contribution is 2.14. The molecular weight excluding hydrogens is 324 g/mol. The summed E-state index contributed by atoms with van der Waals surface area (Å²) in [4.78, 5) is 0. The molecule has 0 aliphatic heterocycles. The summed E-state index contributed by atoms with van der Waals surface area (Å²) in [7, 11) is -1.79. The number of nitrogens with one attached hydrogen (secondary N) is 1. The number of ether oxygens (including phenoxy) is 1. The van der Waals surface area contributed by atoms with Gasteiger partial charge in [0, 0.05) is 6.54 Å². The Bertz CT molecular complexity index is 826. The minimum Gasteiger partial charge on any atom is -0.497 e. The average molecular weight is 344 g/mol. The summed E-state index contributed by atoms with van der Waals surface area (Å²) in [6.45, 7) is 0.373. The third-order valence-corrected chi connectivity index (χ3v) is 4.87. The van der Waals surface area contributed by atoms with Gasteiger partial charge in [-0.05, 0) is 48.2 Å². The van der Waals surface area contributed by atoms with E-state index in [1.54, 1.807) is 31.4 Å². The fourth-order valence-corrected chi connectivity index (χ4v) is 3.53. The Kier molecular flexibility index (Phi) is 6.36. The van der Waals surface area contributed by atoms with Crippen molar-refractivity contribution in [2.45, 2.75) is 18.6 Å². The van der Waals surface area contributed by atoms with Gasteiger partial charge in [-0.2, -0.15) is 5.26 Å². The number of rotatable bonds is 8. The first-order chi connectivity index (χ1) is 11.5. The van der Waals surface area contributed by atoms with E-state index in [-0.39, 0.29) is 5.75 Å². The number of methoxy groups -OCH3 is 1. The predicted molar refractivity (Wildman–Crippen MR) is 93.1 cm³/mol. The quantitative estimate of drug-likeness (QED) is 0.747. The zero-order valence-corrected chi connectivity index (χ0v) is 14.3. The van der Waals surface area contributed by atoms with Crippen LogP contribution in [0.15, 0.2) is 48.5 Å². The van der Waals surface area contributed by atoms with Gasteiger partial charge in [0.25, 0.3) is 0 Å². The molecule has 0 unspecified atom stereocenters. The molecule has 0 spiro atoms. The molecule has 0 aromatic heterocycles. The van der Waals surface area contributed by atoms with Gasteiger partial charge in [0.05, 0.1) is 24.5 Å². The summed E-state index contributed by atoms with van der Waals surface area (Å²) < 4.78 is 32.0. The Morgan fingerprint density at radius 2 is 1.88 bits per heavy atom. The molecule has 0 bridgehead atoms. The fraction of sp³-hybridized carbons (Fsp3) is 0.278. The number of nitrogens with zero attached hydrogens (tertiary/aromatic N) is 1. The molecule has 6 heteroatoms. The summed E-state index contributed by atoms with van der Waals surface area (Å²) in [5.41, 5.74) is 2.17. The lowest BCUT2D eigenvalue weighted by Gasteiger charge is -2.08. The molecular formula is C18H20N2O3S. The summed E-state index contributed by atoms with van der Waals surface area (Å²) in [6.07, 6.45) is 1.47. The third-order valence-electron chi connectivity index (χ3n) is 3.51. The van der Waals surface area contributed by atoms with E-state index < -0.39 is 10.0 Å². The summed E-state index contributed by atoms with van der Waals surface area (Å²) in [5.74, 6) is 0.673. The second-order valence-electron chi connectivity index (χ2n) is 5.42. The Balaban J connectivity index is 1.83. The molecule has 5 nitrogen and oxygen atoms in total. The number of aryl methyl sites for hydroxylation is 1. The Morgan fingerprint density at radius 1 is 1.12 bits per heavy atom. The van der Waals surface area contributed by atoms with E-state index in [1.165, 1.54) is 0 Å². The van der Waals surface area contributed by atoms with Crippen molar-refractivity contribution >= 4 is 10.0 Å². The number of benzene rings is 2. The molecule has 1 N–H and O–H groups in total. The summed E-state index contributed by atoms with van der Waals surface area (Å²) >= 11 is 0. The maximum atomic E-state index is 12.1. The predicted octanol–water partition coefficient (Wildman–Crippen LogP) is 2.62.